The van der Waals surface area contributed by atoms with Crippen LogP contribution in [0, 0.1) is 11.3 Å². The van der Waals surface area contributed by atoms with Gasteiger partial charge in [0.25, 0.3) is 11.3 Å². The largest absolute Gasteiger partial charge is 0.326 e. The molecule has 74 valence electrons. The zero-order valence-corrected chi connectivity index (χ0v) is 8.04. The van der Waals surface area contributed by atoms with Gasteiger partial charge in [0.1, 0.15) is 6.07 Å². The van der Waals surface area contributed by atoms with E-state index in [1.165, 1.54) is 0 Å². The van der Waals surface area contributed by atoms with Crippen LogP contribution < -0.4 is 10.5 Å². The lowest BCUT2D eigenvalue weighted by Crippen LogP contribution is -2.05. The third-order valence-corrected chi connectivity index (χ3v) is 2.03. The molecule has 0 heterocycles. The Kier molecular flexibility index (Phi) is 3.59. The summed E-state index contributed by atoms with van der Waals surface area (Å²) in [7, 11) is 0. The maximum Gasteiger partial charge on any atom is 0.259 e. The molecule has 0 aromatic heterocycles. The number of hydrogen-bond donors (Lipinski definition) is 3. The van der Waals surface area contributed by atoms with E-state index < -0.39 is 11.3 Å². The second-order valence-corrected chi connectivity index (χ2v) is 3.25. The Morgan fingerprint density at radius 3 is 2.86 bits per heavy atom. The fraction of sp³-hybridized carbons (Fsp3) is 0.125. The Labute approximate surface area is 84.0 Å². The number of rotatable bonds is 3. The van der Waals surface area contributed by atoms with Crippen molar-refractivity contribution < 1.29 is 8.76 Å². The highest BCUT2D eigenvalue weighted by Gasteiger charge is 2.04. The predicted octanol–water partition coefficient (Wildman–Crippen LogP) is 0.566. The van der Waals surface area contributed by atoms with Crippen LogP contribution in [0.5, 0.6) is 0 Å². The first kappa shape index (κ1) is 10.7. The minimum absolute atomic E-state index is 0.301. The van der Waals surface area contributed by atoms with Crippen LogP contribution in [-0.2, 0) is 17.8 Å². The van der Waals surface area contributed by atoms with Crippen molar-refractivity contribution >= 4 is 17.0 Å². The molecule has 1 aromatic rings. The summed E-state index contributed by atoms with van der Waals surface area (Å²) < 4.78 is 21.3. The van der Waals surface area contributed by atoms with Crippen molar-refractivity contribution in [3.8, 4) is 6.07 Å². The Hall–Kier alpha value is -1.42. The highest BCUT2D eigenvalue weighted by atomic mass is 32.2. The van der Waals surface area contributed by atoms with Crippen LogP contribution in [-0.4, -0.2) is 8.76 Å². The van der Waals surface area contributed by atoms with Crippen LogP contribution >= 0.6 is 0 Å². The van der Waals surface area contributed by atoms with Crippen molar-refractivity contribution in [3.63, 3.8) is 0 Å². The molecule has 0 aliphatic heterocycles. The molecule has 0 amide bonds. The van der Waals surface area contributed by atoms with Crippen LogP contribution in [0.2, 0.25) is 0 Å². The second kappa shape index (κ2) is 4.72. The summed E-state index contributed by atoms with van der Waals surface area (Å²) in [4.78, 5) is 0. The topological polar surface area (TPSA) is 99.1 Å². The van der Waals surface area contributed by atoms with E-state index in [1.807, 2.05) is 6.07 Å². The molecule has 4 N–H and O–H groups in total. The van der Waals surface area contributed by atoms with Crippen molar-refractivity contribution in [2.24, 2.45) is 5.73 Å². The highest BCUT2D eigenvalue weighted by Crippen LogP contribution is 2.16. The minimum Gasteiger partial charge on any atom is -0.326 e. The van der Waals surface area contributed by atoms with E-state index in [9.17, 15) is 4.21 Å². The molecule has 5 nitrogen and oxygen atoms in total. The van der Waals surface area contributed by atoms with Gasteiger partial charge in [0.2, 0.25) is 0 Å². The van der Waals surface area contributed by atoms with Crippen molar-refractivity contribution in [1.29, 1.82) is 5.26 Å². The van der Waals surface area contributed by atoms with Crippen molar-refractivity contribution in [1.82, 2.24) is 0 Å². The Bertz CT molecular complexity index is 400. The number of nitrogens with one attached hydrogen (secondary N) is 1. The van der Waals surface area contributed by atoms with E-state index in [0.29, 0.717) is 17.8 Å². The van der Waals surface area contributed by atoms with Gasteiger partial charge in [-0.25, -0.2) is 4.21 Å². The molecule has 0 fully saturated rings. The van der Waals surface area contributed by atoms with Gasteiger partial charge in [-0.2, -0.15) is 5.26 Å². The number of nitrogens with two attached hydrogens (primary N) is 1. The maximum absolute atomic E-state index is 10.5. The van der Waals surface area contributed by atoms with Crippen LogP contribution in [0.25, 0.3) is 0 Å². The van der Waals surface area contributed by atoms with E-state index in [-0.39, 0.29) is 0 Å². The SMILES string of the molecule is N#Cc1cc(CN)ccc1NS(=O)O. The quantitative estimate of drug-likeness (QED) is 0.636. The normalized spacial score (nSPS) is 11.8. The Morgan fingerprint density at radius 2 is 2.36 bits per heavy atom. The summed E-state index contributed by atoms with van der Waals surface area (Å²) in [6.45, 7) is 0.331. The molecule has 0 radical (unpaired) electrons. The van der Waals surface area contributed by atoms with E-state index in [2.05, 4.69) is 4.72 Å². The molecule has 0 bridgehead atoms. The third kappa shape index (κ3) is 2.53. The molecule has 0 saturated heterocycles. The summed E-state index contributed by atoms with van der Waals surface area (Å²) >= 11 is -2.17. The Balaban J connectivity index is 3.07. The molecule has 6 heteroatoms. The third-order valence-electron chi connectivity index (χ3n) is 1.64. The maximum atomic E-state index is 10.5. The summed E-state index contributed by atoms with van der Waals surface area (Å²) in [5, 5.41) is 8.74. The van der Waals surface area contributed by atoms with Crippen molar-refractivity contribution in [3.05, 3.63) is 29.3 Å². The Morgan fingerprint density at radius 1 is 1.64 bits per heavy atom. The van der Waals surface area contributed by atoms with Crippen LogP contribution in [0.3, 0.4) is 0 Å². The summed E-state index contributed by atoms with van der Waals surface area (Å²) in [6.07, 6.45) is 0. The number of nitrogens with zero attached hydrogens (tertiary/aromatic N) is 1. The molecule has 1 unspecified atom stereocenters. The van der Waals surface area contributed by atoms with Gasteiger partial charge in [-0.3, -0.25) is 9.27 Å². The zero-order chi connectivity index (χ0) is 10.6. The van der Waals surface area contributed by atoms with E-state index in [1.54, 1.807) is 18.2 Å². The highest BCUT2D eigenvalue weighted by molar-refractivity contribution is 7.80. The van der Waals surface area contributed by atoms with Gasteiger partial charge in [0.15, 0.2) is 0 Å². The molecular weight excluding hydrogens is 202 g/mol. The van der Waals surface area contributed by atoms with Gasteiger partial charge in [-0.05, 0) is 17.7 Å². The first-order chi connectivity index (χ1) is 6.67. The van der Waals surface area contributed by atoms with Gasteiger partial charge in [0, 0.05) is 6.54 Å². The smallest absolute Gasteiger partial charge is 0.259 e. The lowest BCUT2D eigenvalue weighted by molar-refractivity contribution is 0.570. The molecule has 1 aromatic carbocycles. The van der Waals surface area contributed by atoms with Crippen LogP contribution in [0.4, 0.5) is 5.69 Å². The predicted molar refractivity (Wildman–Crippen MR) is 53.4 cm³/mol. The van der Waals surface area contributed by atoms with Crippen LogP contribution in [0.1, 0.15) is 11.1 Å². The molecule has 0 aliphatic rings. The fourth-order valence-corrected chi connectivity index (χ4v) is 1.36. The zero-order valence-electron chi connectivity index (χ0n) is 7.23. The van der Waals surface area contributed by atoms with E-state index in [0.717, 1.165) is 5.56 Å². The first-order valence-corrected chi connectivity index (χ1v) is 4.88. The minimum atomic E-state index is -2.17. The molecule has 1 rings (SSSR count). The number of anilines is 1. The summed E-state index contributed by atoms with van der Waals surface area (Å²) in [5.74, 6) is 0. The van der Waals surface area contributed by atoms with Crippen LogP contribution in [0.15, 0.2) is 18.2 Å². The summed E-state index contributed by atoms with van der Waals surface area (Å²) in [5.41, 5.74) is 6.81. The standard InChI is InChI=1S/C8H9N3O2S/c9-4-6-1-2-8(11-14(12)13)7(3-6)5-10/h1-3,11H,4,9H2,(H,12,13). The molecule has 0 spiro atoms. The number of benzene rings is 1. The molecule has 0 aliphatic carbocycles. The second-order valence-electron chi connectivity index (χ2n) is 2.55. The molecule has 14 heavy (non-hydrogen) atoms. The number of hydrogen-bond acceptors (Lipinski definition) is 3. The van der Waals surface area contributed by atoms with Gasteiger partial charge in [-0.1, -0.05) is 6.07 Å². The molecule has 1 atom stereocenters. The molecule has 0 saturated carbocycles. The lowest BCUT2D eigenvalue weighted by Gasteiger charge is -2.04. The number of nitriles is 1. The van der Waals surface area contributed by atoms with Gasteiger partial charge >= 0.3 is 0 Å². The fourth-order valence-electron chi connectivity index (χ4n) is 0.994. The van der Waals surface area contributed by atoms with Gasteiger partial charge in [-0.15, -0.1) is 0 Å². The summed E-state index contributed by atoms with van der Waals surface area (Å²) in [6, 6.07) is 6.73. The average Bonchev–Trinajstić information content (AvgIpc) is 2.17. The monoisotopic (exact) mass is 211 g/mol. The van der Waals surface area contributed by atoms with Gasteiger partial charge < -0.3 is 5.73 Å². The molecular formula is C8H9N3O2S. The average molecular weight is 211 g/mol. The van der Waals surface area contributed by atoms with Gasteiger partial charge in [0.05, 0.1) is 11.3 Å². The van der Waals surface area contributed by atoms with E-state index >= 15 is 0 Å². The van der Waals surface area contributed by atoms with Crippen molar-refractivity contribution in [2.45, 2.75) is 6.54 Å². The van der Waals surface area contributed by atoms with E-state index in [4.69, 9.17) is 15.5 Å². The van der Waals surface area contributed by atoms with Crippen molar-refractivity contribution in [2.75, 3.05) is 4.72 Å². The first-order valence-electron chi connectivity index (χ1n) is 3.78. The lowest BCUT2D eigenvalue weighted by atomic mass is 10.1.